The van der Waals surface area contributed by atoms with Gasteiger partial charge in [-0.05, 0) is 17.2 Å². The summed E-state index contributed by atoms with van der Waals surface area (Å²) in [5.74, 6) is -0.455. The molecule has 2 aromatic rings. The lowest BCUT2D eigenvalue weighted by atomic mass is 9.92. The summed E-state index contributed by atoms with van der Waals surface area (Å²) in [6.07, 6.45) is 4.63. The Labute approximate surface area is 136 Å². The summed E-state index contributed by atoms with van der Waals surface area (Å²) < 4.78 is 4.96. The lowest BCUT2D eigenvalue weighted by Gasteiger charge is -2.15. The highest BCUT2D eigenvalue weighted by molar-refractivity contribution is 6.02. The molecule has 0 bridgehead atoms. The maximum atomic E-state index is 12.1. The van der Waals surface area contributed by atoms with Crippen LogP contribution < -0.4 is 0 Å². The monoisotopic (exact) mass is 305 g/mol. The van der Waals surface area contributed by atoms with Crippen LogP contribution in [0, 0.1) is 5.92 Å². The molecule has 2 aromatic carbocycles. The molecule has 23 heavy (non-hydrogen) atoms. The van der Waals surface area contributed by atoms with Crippen molar-refractivity contribution in [2.45, 2.75) is 12.5 Å². The number of hydrogen-bond acceptors (Lipinski definition) is 3. The number of aliphatic imine (C=N–C) groups is 1. The zero-order chi connectivity index (χ0) is 16.1. The average molecular weight is 305 g/mol. The van der Waals surface area contributed by atoms with E-state index in [0.717, 1.165) is 16.8 Å². The van der Waals surface area contributed by atoms with Crippen LogP contribution in [0.1, 0.15) is 23.6 Å². The molecule has 0 saturated carbocycles. The number of carbonyl (C=O) groups excluding carboxylic acids is 1. The molecule has 3 heteroatoms. The van der Waals surface area contributed by atoms with Crippen molar-refractivity contribution in [2.75, 3.05) is 7.11 Å². The van der Waals surface area contributed by atoms with Crippen LogP contribution in [0.15, 0.2) is 71.7 Å². The maximum absolute atomic E-state index is 12.1. The minimum absolute atomic E-state index is 0.168. The van der Waals surface area contributed by atoms with Crippen molar-refractivity contribution < 1.29 is 9.53 Å². The minimum atomic E-state index is -0.252. The zero-order valence-electron chi connectivity index (χ0n) is 13.1. The number of rotatable bonds is 4. The topological polar surface area (TPSA) is 38.7 Å². The molecule has 3 nitrogen and oxygen atoms in total. The van der Waals surface area contributed by atoms with Crippen molar-refractivity contribution in [3.63, 3.8) is 0 Å². The lowest BCUT2D eigenvalue weighted by Crippen LogP contribution is -2.20. The summed E-state index contributed by atoms with van der Waals surface area (Å²) in [5, 5.41) is 0. The van der Waals surface area contributed by atoms with Gasteiger partial charge in [0.05, 0.1) is 19.1 Å². The Balaban J connectivity index is 1.84. The van der Waals surface area contributed by atoms with Crippen LogP contribution in [0.4, 0.5) is 0 Å². The predicted octanol–water partition coefficient (Wildman–Crippen LogP) is 4.08. The van der Waals surface area contributed by atoms with Gasteiger partial charge in [-0.25, -0.2) is 0 Å². The maximum Gasteiger partial charge on any atom is 0.311 e. The van der Waals surface area contributed by atoms with Crippen LogP contribution in [-0.4, -0.2) is 18.8 Å². The van der Waals surface area contributed by atoms with Gasteiger partial charge in [0.25, 0.3) is 0 Å². The summed E-state index contributed by atoms with van der Waals surface area (Å²) in [6.45, 7) is 0. The van der Waals surface area contributed by atoms with Crippen LogP contribution in [-0.2, 0) is 9.53 Å². The van der Waals surface area contributed by atoms with Crippen molar-refractivity contribution in [1.29, 1.82) is 0 Å². The highest BCUT2D eigenvalue weighted by atomic mass is 16.5. The molecule has 3 rings (SSSR count). The van der Waals surface area contributed by atoms with E-state index in [0.29, 0.717) is 6.42 Å². The van der Waals surface area contributed by atoms with Gasteiger partial charge in [-0.1, -0.05) is 66.7 Å². The first-order chi connectivity index (χ1) is 11.3. The fraction of sp³-hybridized carbons (Fsp3) is 0.200. The first-order valence-electron chi connectivity index (χ1n) is 7.70. The number of carbonyl (C=O) groups is 1. The minimum Gasteiger partial charge on any atom is -0.469 e. The number of methoxy groups -OCH3 is 1. The second-order valence-electron chi connectivity index (χ2n) is 5.55. The second-order valence-corrected chi connectivity index (χ2v) is 5.55. The van der Waals surface area contributed by atoms with Gasteiger partial charge in [-0.2, -0.15) is 0 Å². The van der Waals surface area contributed by atoms with Gasteiger partial charge >= 0.3 is 5.97 Å². The van der Waals surface area contributed by atoms with Crippen LogP contribution in [0.5, 0.6) is 0 Å². The molecule has 0 amide bonds. The van der Waals surface area contributed by atoms with E-state index in [2.05, 4.69) is 0 Å². The molecule has 2 unspecified atom stereocenters. The van der Waals surface area contributed by atoms with Crippen LogP contribution >= 0.6 is 0 Å². The standard InChI is InChI=1S/C20H19NO2/c1-23-20(22)18-14-17(13-12-15-8-4-2-5-9-15)21-19(18)16-10-6-3-7-11-16/h2-13,18-19H,14H2,1H3. The molecule has 0 N–H and O–H groups in total. The summed E-state index contributed by atoms with van der Waals surface area (Å²) in [4.78, 5) is 16.9. The average Bonchev–Trinajstić information content (AvgIpc) is 3.05. The summed E-state index contributed by atoms with van der Waals surface area (Å²) in [7, 11) is 1.43. The first-order valence-corrected chi connectivity index (χ1v) is 7.70. The van der Waals surface area contributed by atoms with E-state index in [9.17, 15) is 4.79 Å². The smallest absolute Gasteiger partial charge is 0.311 e. The third kappa shape index (κ3) is 3.57. The lowest BCUT2D eigenvalue weighted by molar-refractivity contribution is -0.145. The number of esters is 1. The number of hydrogen-bond donors (Lipinski definition) is 0. The molecule has 1 aliphatic heterocycles. The van der Waals surface area contributed by atoms with Crippen molar-refractivity contribution >= 4 is 17.8 Å². The highest BCUT2D eigenvalue weighted by Gasteiger charge is 2.35. The van der Waals surface area contributed by atoms with Crippen molar-refractivity contribution in [2.24, 2.45) is 10.9 Å². The van der Waals surface area contributed by atoms with Gasteiger partial charge in [0.1, 0.15) is 0 Å². The molecular weight excluding hydrogens is 286 g/mol. The first kappa shape index (κ1) is 15.2. The summed E-state index contributed by atoms with van der Waals surface area (Å²) >= 11 is 0. The Morgan fingerprint density at radius 1 is 1.04 bits per heavy atom. The molecule has 0 radical (unpaired) electrons. The van der Waals surface area contributed by atoms with E-state index < -0.39 is 0 Å². The van der Waals surface area contributed by atoms with E-state index in [-0.39, 0.29) is 17.9 Å². The van der Waals surface area contributed by atoms with E-state index in [1.54, 1.807) is 0 Å². The predicted molar refractivity (Wildman–Crippen MR) is 92.2 cm³/mol. The van der Waals surface area contributed by atoms with Gasteiger partial charge in [0.2, 0.25) is 0 Å². The van der Waals surface area contributed by atoms with Gasteiger partial charge in [0, 0.05) is 12.1 Å². The molecule has 116 valence electrons. The van der Waals surface area contributed by atoms with Crippen LogP contribution in [0.3, 0.4) is 0 Å². The number of allylic oxidation sites excluding steroid dienone is 1. The van der Waals surface area contributed by atoms with Gasteiger partial charge in [0.15, 0.2) is 0 Å². The third-order valence-corrected chi connectivity index (χ3v) is 4.03. The number of ether oxygens (including phenoxy) is 1. The molecule has 0 aromatic heterocycles. The molecule has 1 heterocycles. The SMILES string of the molecule is COC(=O)C1CC(C=Cc2ccccc2)=NC1c1ccccc1. The molecular formula is C20H19NO2. The Morgan fingerprint density at radius 3 is 2.35 bits per heavy atom. The largest absolute Gasteiger partial charge is 0.469 e. The Morgan fingerprint density at radius 2 is 1.70 bits per heavy atom. The van der Waals surface area contributed by atoms with Crippen molar-refractivity contribution in [1.82, 2.24) is 0 Å². The summed E-state index contributed by atoms with van der Waals surface area (Å²) in [5.41, 5.74) is 3.09. The molecule has 0 saturated heterocycles. The van der Waals surface area contributed by atoms with Gasteiger partial charge in [-0.15, -0.1) is 0 Å². The third-order valence-electron chi connectivity index (χ3n) is 4.03. The second kappa shape index (κ2) is 7.05. The number of nitrogens with zero attached hydrogens (tertiary/aromatic N) is 1. The Hall–Kier alpha value is -2.68. The van der Waals surface area contributed by atoms with E-state index in [1.807, 2.05) is 72.8 Å². The van der Waals surface area contributed by atoms with Crippen LogP contribution in [0.2, 0.25) is 0 Å². The van der Waals surface area contributed by atoms with E-state index in [4.69, 9.17) is 9.73 Å². The fourth-order valence-electron chi connectivity index (χ4n) is 2.85. The quantitative estimate of drug-likeness (QED) is 0.799. The summed E-state index contributed by atoms with van der Waals surface area (Å²) in [6, 6.07) is 19.8. The van der Waals surface area contributed by atoms with E-state index >= 15 is 0 Å². The Bertz CT molecular complexity index is 720. The van der Waals surface area contributed by atoms with Gasteiger partial charge in [-0.3, -0.25) is 9.79 Å². The molecule has 0 aliphatic carbocycles. The van der Waals surface area contributed by atoms with Crippen molar-refractivity contribution in [3.05, 3.63) is 77.9 Å². The molecule has 1 aliphatic rings. The van der Waals surface area contributed by atoms with Crippen LogP contribution in [0.25, 0.3) is 6.08 Å². The van der Waals surface area contributed by atoms with Gasteiger partial charge < -0.3 is 4.74 Å². The molecule has 0 fully saturated rings. The number of benzene rings is 2. The fourth-order valence-corrected chi connectivity index (χ4v) is 2.85. The highest BCUT2D eigenvalue weighted by Crippen LogP contribution is 2.35. The van der Waals surface area contributed by atoms with E-state index in [1.165, 1.54) is 7.11 Å². The zero-order valence-corrected chi connectivity index (χ0v) is 13.1. The normalized spacial score (nSPS) is 20.5. The van der Waals surface area contributed by atoms with Crippen molar-refractivity contribution in [3.8, 4) is 0 Å². The molecule has 2 atom stereocenters. The Kier molecular flexibility index (Phi) is 4.67. The molecule has 0 spiro atoms.